The molecule has 2 aromatic rings. The Kier molecular flexibility index (Phi) is 4.85. The summed E-state index contributed by atoms with van der Waals surface area (Å²) in [4.78, 5) is 29.2. The van der Waals surface area contributed by atoms with Gasteiger partial charge in [-0.15, -0.1) is 0 Å². The SMILES string of the molecule is NC(=O)[C@@H]1CCN(C(=O)CCc2ncc(-c3ccccc3Cl)o2)C1. The standard InChI is InChI=1S/C17H18ClN3O3/c18-13-4-2-1-3-12(13)14-9-20-15(24-14)5-6-16(22)21-8-7-11(10-21)17(19)23/h1-4,9,11H,5-8,10H2,(H2,19,23)/t11-/m1/s1. The fourth-order valence-corrected chi connectivity index (χ4v) is 3.03. The van der Waals surface area contributed by atoms with E-state index in [-0.39, 0.29) is 24.2 Å². The van der Waals surface area contributed by atoms with E-state index in [0.717, 1.165) is 5.56 Å². The van der Waals surface area contributed by atoms with Crippen LogP contribution >= 0.6 is 11.6 Å². The molecular weight excluding hydrogens is 330 g/mol. The first-order chi connectivity index (χ1) is 11.5. The van der Waals surface area contributed by atoms with Crippen molar-refractivity contribution in [3.63, 3.8) is 0 Å². The van der Waals surface area contributed by atoms with Gasteiger partial charge in [0.2, 0.25) is 11.8 Å². The van der Waals surface area contributed by atoms with Crippen LogP contribution in [0.3, 0.4) is 0 Å². The third kappa shape index (κ3) is 3.59. The molecule has 3 rings (SSSR count). The maximum atomic E-state index is 12.2. The van der Waals surface area contributed by atoms with Crippen molar-refractivity contribution in [2.24, 2.45) is 11.7 Å². The molecule has 0 saturated carbocycles. The predicted octanol–water partition coefficient (Wildman–Crippen LogP) is 2.26. The second-order valence-electron chi connectivity index (χ2n) is 5.83. The molecule has 1 aromatic carbocycles. The lowest BCUT2D eigenvalue weighted by atomic mass is 10.1. The lowest BCUT2D eigenvalue weighted by molar-refractivity contribution is -0.130. The molecule has 0 radical (unpaired) electrons. The van der Waals surface area contributed by atoms with Crippen molar-refractivity contribution < 1.29 is 14.0 Å². The molecule has 0 aliphatic carbocycles. The summed E-state index contributed by atoms with van der Waals surface area (Å²) in [5, 5.41) is 0.589. The van der Waals surface area contributed by atoms with Crippen LogP contribution in [0.15, 0.2) is 34.9 Å². The molecule has 1 fully saturated rings. The maximum absolute atomic E-state index is 12.2. The molecule has 1 atom stereocenters. The van der Waals surface area contributed by atoms with Gasteiger partial charge < -0.3 is 15.1 Å². The zero-order chi connectivity index (χ0) is 17.1. The fraction of sp³-hybridized carbons (Fsp3) is 0.353. The first kappa shape index (κ1) is 16.5. The smallest absolute Gasteiger partial charge is 0.223 e. The number of halogens is 1. The van der Waals surface area contributed by atoms with Crippen molar-refractivity contribution in [3.05, 3.63) is 41.4 Å². The number of nitrogens with zero attached hydrogens (tertiary/aromatic N) is 2. The van der Waals surface area contributed by atoms with E-state index in [2.05, 4.69) is 4.98 Å². The summed E-state index contributed by atoms with van der Waals surface area (Å²) in [5.74, 6) is 0.475. The highest BCUT2D eigenvalue weighted by molar-refractivity contribution is 6.33. The van der Waals surface area contributed by atoms with Crippen LogP contribution in [-0.4, -0.2) is 34.8 Å². The molecule has 0 bridgehead atoms. The number of nitrogens with two attached hydrogens (primary N) is 1. The van der Waals surface area contributed by atoms with Gasteiger partial charge in [-0.2, -0.15) is 0 Å². The Labute approximate surface area is 144 Å². The first-order valence-corrected chi connectivity index (χ1v) is 8.19. The molecule has 0 spiro atoms. The van der Waals surface area contributed by atoms with Gasteiger partial charge in [-0.25, -0.2) is 4.98 Å². The number of carbonyl (C=O) groups is 2. The Balaban J connectivity index is 1.57. The molecule has 6 nitrogen and oxygen atoms in total. The van der Waals surface area contributed by atoms with E-state index in [1.54, 1.807) is 17.2 Å². The number of hydrogen-bond acceptors (Lipinski definition) is 4. The maximum Gasteiger partial charge on any atom is 0.223 e. The molecule has 24 heavy (non-hydrogen) atoms. The van der Waals surface area contributed by atoms with Gasteiger partial charge in [0.25, 0.3) is 0 Å². The van der Waals surface area contributed by atoms with Gasteiger partial charge in [0.1, 0.15) is 0 Å². The third-order valence-electron chi connectivity index (χ3n) is 4.19. The lowest BCUT2D eigenvalue weighted by Gasteiger charge is -2.15. The molecule has 2 amide bonds. The summed E-state index contributed by atoms with van der Waals surface area (Å²) in [6.07, 6.45) is 2.94. The molecule has 2 heterocycles. The lowest BCUT2D eigenvalue weighted by Crippen LogP contribution is -2.31. The van der Waals surface area contributed by atoms with Crippen LogP contribution in [0.5, 0.6) is 0 Å². The van der Waals surface area contributed by atoms with Gasteiger partial charge in [0.05, 0.1) is 17.1 Å². The van der Waals surface area contributed by atoms with E-state index >= 15 is 0 Å². The largest absolute Gasteiger partial charge is 0.441 e. The first-order valence-electron chi connectivity index (χ1n) is 7.81. The van der Waals surface area contributed by atoms with Crippen LogP contribution < -0.4 is 5.73 Å². The van der Waals surface area contributed by atoms with Crippen LogP contribution in [-0.2, 0) is 16.0 Å². The van der Waals surface area contributed by atoms with E-state index < -0.39 is 0 Å². The number of rotatable bonds is 5. The average Bonchev–Trinajstić information content (AvgIpc) is 3.22. The molecule has 126 valence electrons. The van der Waals surface area contributed by atoms with Gasteiger partial charge in [-0.1, -0.05) is 23.7 Å². The monoisotopic (exact) mass is 347 g/mol. The van der Waals surface area contributed by atoms with Crippen molar-refractivity contribution in [3.8, 4) is 11.3 Å². The zero-order valence-corrected chi connectivity index (χ0v) is 13.8. The summed E-state index contributed by atoms with van der Waals surface area (Å²) in [6.45, 7) is 0.980. The molecule has 1 saturated heterocycles. The Bertz CT molecular complexity index is 759. The minimum Gasteiger partial charge on any atom is -0.441 e. The molecule has 7 heteroatoms. The molecule has 2 N–H and O–H groups in total. The van der Waals surface area contributed by atoms with Crippen molar-refractivity contribution >= 4 is 23.4 Å². The highest BCUT2D eigenvalue weighted by Gasteiger charge is 2.29. The van der Waals surface area contributed by atoms with E-state index in [4.69, 9.17) is 21.8 Å². The third-order valence-corrected chi connectivity index (χ3v) is 4.52. The Morgan fingerprint density at radius 3 is 2.88 bits per heavy atom. The number of likely N-dealkylation sites (tertiary alicyclic amines) is 1. The van der Waals surface area contributed by atoms with E-state index in [9.17, 15) is 9.59 Å². The second kappa shape index (κ2) is 7.05. The number of hydrogen-bond donors (Lipinski definition) is 1. The number of amides is 2. The highest BCUT2D eigenvalue weighted by atomic mass is 35.5. The van der Waals surface area contributed by atoms with Crippen LogP contribution in [0.25, 0.3) is 11.3 Å². The number of carbonyl (C=O) groups excluding carboxylic acids is 2. The number of benzene rings is 1. The van der Waals surface area contributed by atoms with Crippen LogP contribution in [0.2, 0.25) is 5.02 Å². The molecular formula is C17H18ClN3O3. The quantitative estimate of drug-likeness (QED) is 0.898. The fourth-order valence-electron chi connectivity index (χ4n) is 2.80. The van der Waals surface area contributed by atoms with Crippen molar-refractivity contribution in [1.82, 2.24) is 9.88 Å². The van der Waals surface area contributed by atoms with Gasteiger partial charge in [0, 0.05) is 31.5 Å². The van der Waals surface area contributed by atoms with Gasteiger partial charge >= 0.3 is 0 Å². The normalized spacial score (nSPS) is 17.2. The van der Waals surface area contributed by atoms with Crippen molar-refractivity contribution in [1.29, 1.82) is 0 Å². The molecule has 1 aliphatic heterocycles. The number of aromatic nitrogens is 1. The van der Waals surface area contributed by atoms with Crippen molar-refractivity contribution in [2.75, 3.05) is 13.1 Å². The molecule has 1 aromatic heterocycles. The Hall–Kier alpha value is -2.34. The van der Waals surface area contributed by atoms with Crippen LogP contribution in [0.1, 0.15) is 18.7 Å². The Morgan fingerprint density at radius 1 is 1.38 bits per heavy atom. The summed E-state index contributed by atoms with van der Waals surface area (Å²) in [5.41, 5.74) is 6.05. The minimum absolute atomic E-state index is 0.0174. The zero-order valence-electron chi connectivity index (χ0n) is 13.1. The summed E-state index contributed by atoms with van der Waals surface area (Å²) >= 11 is 6.13. The summed E-state index contributed by atoms with van der Waals surface area (Å²) in [7, 11) is 0. The highest BCUT2D eigenvalue weighted by Crippen LogP contribution is 2.28. The van der Waals surface area contributed by atoms with Gasteiger partial charge in [-0.05, 0) is 18.6 Å². The summed E-state index contributed by atoms with van der Waals surface area (Å²) in [6, 6.07) is 7.35. The van der Waals surface area contributed by atoms with Crippen LogP contribution in [0.4, 0.5) is 0 Å². The predicted molar refractivity (Wildman–Crippen MR) is 89.2 cm³/mol. The van der Waals surface area contributed by atoms with E-state index in [1.165, 1.54) is 0 Å². The number of primary amides is 1. The Morgan fingerprint density at radius 2 is 2.17 bits per heavy atom. The van der Waals surface area contributed by atoms with Crippen LogP contribution in [0, 0.1) is 5.92 Å². The molecule has 0 unspecified atom stereocenters. The minimum atomic E-state index is -0.345. The van der Waals surface area contributed by atoms with Gasteiger partial charge in [-0.3, -0.25) is 9.59 Å². The van der Waals surface area contributed by atoms with Crippen molar-refractivity contribution in [2.45, 2.75) is 19.3 Å². The second-order valence-corrected chi connectivity index (χ2v) is 6.23. The van der Waals surface area contributed by atoms with E-state index in [1.807, 2.05) is 18.2 Å². The average molecular weight is 348 g/mol. The summed E-state index contributed by atoms with van der Waals surface area (Å²) < 4.78 is 5.68. The number of aryl methyl sites for hydroxylation is 1. The van der Waals surface area contributed by atoms with Gasteiger partial charge in [0.15, 0.2) is 11.7 Å². The van der Waals surface area contributed by atoms with E-state index in [0.29, 0.717) is 42.6 Å². The topological polar surface area (TPSA) is 89.4 Å². The number of oxazole rings is 1. The molecule has 1 aliphatic rings.